The van der Waals surface area contributed by atoms with Gasteiger partial charge in [0.25, 0.3) is 0 Å². The summed E-state index contributed by atoms with van der Waals surface area (Å²) in [6.07, 6.45) is 4.29. The van der Waals surface area contributed by atoms with Crippen LogP contribution in [0.3, 0.4) is 0 Å². The predicted molar refractivity (Wildman–Crippen MR) is 147 cm³/mol. The fourth-order valence-electron chi connectivity index (χ4n) is 4.43. The first kappa shape index (κ1) is 26.5. The molecule has 0 aliphatic carbocycles. The Bertz CT molecular complexity index is 1200. The number of hydrogen-bond donors (Lipinski definition) is 2. The molecule has 1 saturated heterocycles. The van der Waals surface area contributed by atoms with E-state index in [1.54, 1.807) is 39.7 Å². The molecular formula is C27H32BrN5O4. The Hall–Kier alpha value is -3.53. The third-order valence-electron chi connectivity index (χ3n) is 6.28. The molecule has 2 aromatic carbocycles. The maximum atomic E-state index is 12.9. The summed E-state index contributed by atoms with van der Waals surface area (Å²) in [6, 6.07) is 13.6. The van der Waals surface area contributed by atoms with Gasteiger partial charge < -0.3 is 29.7 Å². The van der Waals surface area contributed by atoms with Crippen molar-refractivity contribution in [3.63, 3.8) is 0 Å². The van der Waals surface area contributed by atoms with E-state index in [4.69, 9.17) is 19.2 Å². The number of nitrogens with one attached hydrogen (secondary N) is 2. The van der Waals surface area contributed by atoms with Gasteiger partial charge in [-0.1, -0.05) is 28.1 Å². The molecule has 0 spiro atoms. The second kappa shape index (κ2) is 12.6. The number of aromatic nitrogens is 2. The van der Waals surface area contributed by atoms with Gasteiger partial charge in [0.05, 0.1) is 27.2 Å². The van der Waals surface area contributed by atoms with Crippen molar-refractivity contribution in [3.8, 4) is 17.2 Å². The van der Waals surface area contributed by atoms with Crippen molar-refractivity contribution in [3.05, 3.63) is 58.7 Å². The maximum absolute atomic E-state index is 12.9. The summed E-state index contributed by atoms with van der Waals surface area (Å²) in [5.74, 6) is 2.79. The van der Waals surface area contributed by atoms with Gasteiger partial charge in [0, 0.05) is 48.1 Å². The Morgan fingerprint density at radius 1 is 1.11 bits per heavy atom. The van der Waals surface area contributed by atoms with E-state index in [0.29, 0.717) is 42.0 Å². The number of ether oxygens (including phenoxy) is 3. The highest BCUT2D eigenvalue weighted by molar-refractivity contribution is 9.10. The van der Waals surface area contributed by atoms with Crippen molar-refractivity contribution < 1.29 is 19.0 Å². The number of halogens is 1. The van der Waals surface area contributed by atoms with Gasteiger partial charge in [-0.05, 0) is 43.0 Å². The molecule has 2 N–H and O–H groups in total. The van der Waals surface area contributed by atoms with E-state index in [9.17, 15) is 4.79 Å². The highest BCUT2D eigenvalue weighted by Gasteiger charge is 2.26. The first-order valence-corrected chi connectivity index (χ1v) is 13.0. The summed E-state index contributed by atoms with van der Waals surface area (Å²) in [4.78, 5) is 24.1. The van der Waals surface area contributed by atoms with E-state index in [0.717, 1.165) is 36.1 Å². The zero-order valence-corrected chi connectivity index (χ0v) is 22.9. The van der Waals surface area contributed by atoms with Crippen LogP contribution in [0.5, 0.6) is 17.2 Å². The summed E-state index contributed by atoms with van der Waals surface area (Å²) in [5.41, 5.74) is 1.89. The lowest BCUT2D eigenvalue weighted by atomic mass is 9.97. The third kappa shape index (κ3) is 6.82. The Morgan fingerprint density at radius 3 is 2.59 bits per heavy atom. The maximum Gasteiger partial charge on any atom is 0.229 e. The van der Waals surface area contributed by atoms with Gasteiger partial charge in [-0.25, -0.2) is 4.98 Å². The van der Waals surface area contributed by atoms with Crippen molar-refractivity contribution >= 4 is 39.3 Å². The Morgan fingerprint density at radius 2 is 1.89 bits per heavy atom. The Labute approximate surface area is 225 Å². The van der Waals surface area contributed by atoms with Gasteiger partial charge >= 0.3 is 0 Å². The monoisotopic (exact) mass is 569 g/mol. The molecule has 4 rings (SSSR count). The highest BCUT2D eigenvalue weighted by Crippen LogP contribution is 2.40. The fraction of sp³-hybridized carbons (Fsp3) is 0.370. The van der Waals surface area contributed by atoms with Crippen molar-refractivity contribution in [2.24, 2.45) is 5.92 Å². The molecule has 1 atom stereocenters. The van der Waals surface area contributed by atoms with Gasteiger partial charge in [0.2, 0.25) is 17.6 Å². The average Bonchev–Trinajstić information content (AvgIpc) is 2.92. The van der Waals surface area contributed by atoms with Crippen molar-refractivity contribution in [2.45, 2.75) is 19.3 Å². The normalized spacial score (nSPS) is 15.1. The standard InChI is InChI=1S/C27H32BrN5O4/c1-35-22-15-21(16-23(36-2)25(22)37-3)31-27-30-12-10-24(32-27)33-13-5-7-19(17-33)26(34)29-11-9-18-6-4-8-20(28)14-18/h4,6,8,10,12,14-16,19H,5,7,9,11,13,17H2,1-3H3,(H,29,34)(H,30,31,32)/t19-/m0/s1. The van der Waals surface area contributed by atoms with Crippen LogP contribution in [0, 0.1) is 5.92 Å². The molecule has 10 heteroatoms. The lowest BCUT2D eigenvalue weighted by Crippen LogP contribution is -2.43. The van der Waals surface area contributed by atoms with Crippen LogP contribution in [0.15, 0.2) is 53.1 Å². The lowest BCUT2D eigenvalue weighted by Gasteiger charge is -2.33. The van der Waals surface area contributed by atoms with Gasteiger partial charge in [-0.3, -0.25) is 4.79 Å². The van der Waals surface area contributed by atoms with Gasteiger partial charge in [0.1, 0.15) is 5.82 Å². The van der Waals surface area contributed by atoms with Crippen LogP contribution in [-0.2, 0) is 11.2 Å². The van der Waals surface area contributed by atoms with Crippen molar-refractivity contribution in [1.29, 1.82) is 0 Å². The number of piperidine rings is 1. The van der Waals surface area contributed by atoms with E-state index >= 15 is 0 Å². The van der Waals surface area contributed by atoms with Crippen LogP contribution < -0.4 is 29.7 Å². The lowest BCUT2D eigenvalue weighted by molar-refractivity contribution is -0.125. The van der Waals surface area contributed by atoms with E-state index in [2.05, 4.69) is 48.6 Å². The number of nitrogens with zero attached hydrogens (tertiary/aromatic N) is 3. The molecule has 1 aromatic heterocycles. The first-order chi connectivity index (χ1) is 18.0. The topological polar surface area (TPSA) is 97.8 Å². The number of rotatable bonds is 10. The molecule has 3 aromatic rings. The Balaban J connectivity index is 1.38. The van der Waals surface area contributed by atoms with E-state index in [-0.39, 0.29) is 11.8 Å². The molecule has 0 radical (unpaired) electrons. The summed E-state index contributed by atoms with van der Waals surface area (Å²) in [7, 11) is 4.71. The minimum absolute atomic E-state index is 0.0854. The molecule has 0 unspecified atom stereocenters. The molecule has 9 nitrogen and oxygen atoms in total. The van der Waals surface area contributed by atoms with Crippen LogP contribution in [-0.4, -0.2) is 56.8 Å². The molecule has 1 aliphatic heterocycles. The molecule has 37 heavy (non-hydrogen) atoms. The van der Waals surface area contributed by atoms with Crippen LogP contribution in [0.4, 0.5) is 17.5 Å². The number of carbonyl (C=O) groups is 1. The quantitative estimate of drug-likeness (QED) is 0.366. The van der Waals surface area contributed by atoms with Crippen LogP contribution >= 0.6 is 15.9 Å². The highest BCUT2D eigenvalue weighted by atomic mass is 79.9. The zero-order valence-electron chi connectivity index (χ0n) is 21.3. The number of amides is 1. The minimum atomic E-state index is -0.0854. The molecule has 0 saturated carbocycles. The molecule has 1 aliphatic rings. The van der Waals surface area contributed by atoms with Crippen LogP contribution in [0.2, 0.25) is 0 Å². The zero-order chi connectivity index (χ0) is 26.2. The summed E-state index contributed by atoms with van der Waals surface area (Å²) < 4.78 is 17.3. The second-order valence-electron chi connectivity index (χ2n) is 8.73. The smallest absolute Gasteiger partial charge is 0.229 e. The van der Waals surface area contributed by atoms with E-state index in [1.165, 1.54) is 5.56 Å². The van der Waals surface area contributed by atoms with Crippen molar-refractivity contribution in [1.82, 2.24) is 15.3 Å². The summed E-state index contributed by atoms with van der Waals surface area (Å²) >= 11 is 3.49. The van der Waals surface area contributed by atoms with Crippen LogP contribution in [0.25, 0.3) is 0 Å². The van der Waals surface area contributed by atoms with Gasteiger partial charge in [0.15, 0.2) is 11.5 Å². The predicted octanol–water partition coefficient (Wildman–Crippen LogP) is 4.58. The fourth-order valence-corrected chi connectivity index (χ4v) is 4.88. The molecule has 196 valence electrons. The molecule has 1 amide bonds. The number of carbonyl (C=O) groups excluding carboxylic acids is 1. The number of hydrogen-bond acceptors (Lipinski definition) is 8. The SMILES string of the molecule is COc1cc(Nc2nccc(N3CCC[C@H](C(=O)NCCc4cccc(Br)c4)C3)n2)cc(OC)c1OC. The van der Waals surface area contributed by atoms with Gasteiger partial charge in [-0.2, -0.15) is 4.98 Å². The molecule has 0 bridgehead atoms. The van der Waals surface area contributed by atoms with E-state index in [1.807, 2.05) is 18.2 Å². The van der Waals surface area contributed by atoms with Gasteiger partial charge in [-0.15, -0.1) is 0 Å². The summed E-state index contributed by atoms with van der Waals surface area (Å²) in [6.45, 7) is 2.06. The molecule has 1 fully saturated rings. The van der Waals surface area contributed by atoms with Crippen molar-refractivity contribution in [2.75, 3.05) is 51.2 Å². The largest absolute Gasteiger partial charge is 0.493 e. The first-order valence-electron chi connectivity index (χ1n) is 12.2. The average molecular weight is 570 g/mol. The molecule has 2 heterocycles. The molecular weight excluding hydrogens is 538 g/mol. The third-order valence-corrected chi connectivity index (χ3v) is 6.77. The van der Waals surface area contributed by atoms with Crippen LogP contribution in [0.1, 0.15) is 18.4 Å². The minimum Gasteiger partial charge on any atom is -0.493 e. The number of methoxy groups -OCH3 is 3. The number of benzene rings is 2. The second-order valence-corrected chi connectivity index (χ2v) is 9.65. The Kier molecular flexibility index (Phi) is 9.05. The van der Waals surface area contributed by atoms with E-state index < -0.39 is 0 Å². The number of anilines is 3. The summed E-state index contributed by atoms with van der Waals surface area (Å²) in [5, 5.41) is 6.33.